The molecule has 4 N–H and O–H groups in total. The third-order valence-electron chi connectivity index (χ3n) is 14.5. The quantitative estimate of drug-likeness (QED) is 0.0458. The number of amides is 1. The maximum Gasteiger partial charge on any atom is 0.249 e. The Balaban J connectivity index is 3.42. The smallest absolute Gasteiger partial charge is 0.249 e. The molecule has 0 spiro atoms. The minimum Gasteiger partial charge on any atom is -0.394 e. The van der Waals surface area contributed by atoms with E-state index in [1.54, 1.807) is 0 Å². The molecule has 0 aromatic rings. The van der Waals surface area contributed by atoms with Crippen LogP contribution in [0.4, 0.5) is 0 Å². The fourth-order valence-electron chi connectivity index (χ4n) is 9.84. The number of nitrogens with one attached hydrogen (secondary N) is 1. The van der Waals surface area contributed by atoms with E-state index in [1.807, 2.05) is 0 Å². The molecule has 0 rings (SSSR count). The van der Waals surface area contributed by atoms with Crippen molar-refractivity contribution in [2.24, 2.45) is 0 Å². The largest absolute Gasteiger partial charge is 0.394 e. The molecule has 0 radical (unpaired) electrons. The molecule has 0 saturated heterocycles. The molecule has 0 aliphatic rings. The van der Waals surface area contributed by atoms with E-state index in [-0.39, 0.29) is 6.61 Å². The zero-order chi connectivity index (χ0) is 46.5. The van der Waals surface area contributed by atoms with Crippen molar-refractivity contribution in [2.75, 3.05) is 6.61 Å². The van der Waals surface area contributed by atoms with Crippen LogP contribution in [0.3, 0.4) is 0 Å². The molecule has 5 heteroatoms. The van der Waals surface area contributed by atoms with Crippen molar-refractivity contribution >= 4 is 5.91 Å². The Kier molecular flexibility index (Phi) is 54.4. The molecule has 0 aliphatic heterocycles. The predicted octanol–water partition coefficient (Wildman–Crippen LogP) is 18.5. The summed E-state index contributed by atoms with van der Waals surface area (Å²) in [6, 6.07) is -0.707. The highest BCUT2D eigenvalue weighted by Crippen LogP contribution is 2.19. The van der Waals surface area contributed by atoms with Crippen LogP contribution in [-0.4, -0.2) is 46.1 Å². The highest BCUT2D eigenvalue weighted by Gasteiger charge is 2.23. The topological polar surface area (TPSA) is 89.8 Å². The fourth-order valence-corrected chi connectivity index (χ4v) is 9.84. The number of hydrogen-bond acceptors (Lipinski definition) is 4. The van der Waals surface area contributed by atoms with Gasteiger partial charge in [0.2, 0.25) is 5.91 Å². The van der Waals surface area contributed by atoms with Gasteiger partial charge in [0.15, 0.2) is 0 Å². The molecule has 1 amide bonds. The van der Waals surface area contributed by atoms with Crippen LogP contribution in [0.2, 0.25) is 0 Å². The van der Waals surface area contributed by atoms with Gasteiger partial charge in [0, 0.05) is 0 Å². The summed E-state index contributed by atoms with van der Waals surface area (Å²) in [6.07, 6.45) is 67.5. The molecule has 5 nitrogen and oxygen atoms in total. The van der Waals surface area contributed by atoms with Gasteiger partial charge in [-0.15, -0.1) is 0 Å². The number of aliphatic hydroxyl groups excluding tert-OH is 3. The maximum absolute atomic E-state index is 12.6. The minimum atomic E-state index is -1.07. The van der Waals surface area contributed by atoms with Crippen molar-refractivity contribution in [3.8, 4) is 0 Å². The Hall–Kier alpha value is -0.650. The molecule has 3 unspecified atom stereocenters. The lowest BCUT2D eigenvalue weighted by Gasteiger charge is -2.23. The maximum atomic E-state index is 12.6. The third-order valence-corrected chi connectivity index (χ3v) is 14.5. The molecule has 64 heavy (non-hydrogen) atoms. The summed E-state index contributed by atoms with van der Waals surface area (Å²) in [5, 5.41) is 33.5. The summed E-state index contributed by atoms with van der Waals surface area (Å²) in [6.45, 7) is 4.27. The van der Waals surface area contributed by atoms with Crippen molar-refractivity contribution in [1.82, 2.24) is 5.32 Å². The molecule has 3 atom stereocenters. The first kappa shape index (κ1) is 63.4. The zero-order valence-corrected chi connectivity index (χ0v) is 44.0. The second-order valence-electron chi connectivity index (χ2n) is 20.9. The molecule has 0 aromatic heterocycles. The molecular weight excluding hydrogens is 787 g/mol. The molecule has 0 heterocycles. The highest BCUT2D eigenvalue weighted by molar-refractivity contribution is 5.80. The number of unbranched alkanes of at least 4 members (excludes halogenated alkanes) is 48. The summed E-state index contributed by atoms with van der Waals surface area (Å²) in [5.41, 5.74) is 0. The Labute approximate surface area is 402 Å². The molecule has 0 saturated carbocycles. The van der Waals surface area contributed by atoms with E-state index in [4.69, 9.17) is 0 Å². The van der Waals surface area contributed by atoms with Gasteiger partial charge in [-0.1, -0.05) is 335 Å². The molecule has 0 fully saturated rings. The van der Waals surface area contributed by atoms with Gasteiger partial charge in [0.25, 0.3) is 0 Å². The number of hydrogen-bond donors (Lipinski definition) is 4. The van der Waals surface area contributed by atoms with E-state index < -0.39 is 24.2 Å². The third kappa shape index (κ3) is 49.3. The van der Waals surface area contributed by atoms with Crippen LogP contribution >= 0.6 is 0 Å². The van der Waals surface area contributed by atoms with Gasteiger partial charge in [-0.3, -0.25) is 4.79 Å². The first-order valence-corrected chi connectivity index (χ1v) is 29.8. The summed E-state index contributed by atoms with van der Waals surface area (Å²) in [4.78, 5) is 12.6. The van der Waals surface area contributed by atoms with E-state index in [9.17, 15) is 20.1 Å². The van der Waals surface area contributed by atoms with Crippen molar-refractivity contribution in [1.29, 1.82) is 0 Å². The second-order valence-corrected chi connectivity index (χ2v) is 20.9. The monoisotopic (exact) mass is 906 g/mol. The van der Waals surface area contributed by atoms with Crippen LogP contribution < -0.4 is 5.32 Å². The number of carbonyl (C=O) groups excluding carboxylic acids is 1. The summed E-state index contributed by atoms with van der Waals surface area (Å²) >= 11 is 0. The first-order valence-electron chi connectivity index (χ1n) is 29.8. The SMILES string of the molecule is CCCCCCCCCCCCCCCCCCCCCCCCCCCCCCCCCCCCC(O)C(=O)NC(CO)C(O)CCCCCCCCCCCCCCCCCC. The van der Waals surface area contributed by atoms with Crippen LogP contribution in [0.5, 0.6) is 0 Å². The van der Waals surface area contributed by atoms with Crippen molar-refractivity contribution in [2.45, 2.75) is 366 Å². The van der Waals surface area contributed by atoms with Gasteiger partial charge >= 0.3 is 0 Å². The summed E-state index contributed by atoms with van der Waals surface area (Å²) < 4.78 is 0. The van der Waals surface area contributed by atoms with E-state index in [1.165, 1.54) is 289 Å². The lowest BCUT2D eigenvalue weighted by Crippen LogP contribution is -2.49. The number of aliphatic hydroxyl groups is 3. The average molecular weight is 907 g/mol. The van der Waals surface area contributed by atoms with Crippen molar-refractivity contribution in [3.05, 3.63) is 0 Å². The summed E-state index contributed by atoms with van der Waals surface area (Å²) in [7, 11) is 0. The van der Waals surface area contributed by atoms with Gasteiger partial charge in [0.05, 0.1) is 18.8 Å². The van der Waals surface area contributed by atoms with Gasteiger partial charge in [-0.05, 0) is 12.8 Å². The first-order chi connectivity index (χ1) is 31.6. The Morgan fingerprint density at radius 1 is 0.312 bits per heavy atom. The normalized spacial score (nSPS) is 13.1. The van der Waals surface area contributed by atoms with Gasteiger partial charge in [-0.2, -0.15) is 0 Å². The molecule has 384 valence electrons. The molecule has 0 aromatic carbocycles. The standard InChI is InChI=1S/C59H119NO4/c1-3-5-7-9-11-13-15-17-19-21-22-23-24-25-26-27-28-29-30-31-32-33-34-35-36-37-38-40-42-44-46-48-50-52-54-58(63)59(64)60-56(55-61)57(62)53-51-49-47-45-43-41-39-20-18-16-14-12-10-8-6-4-2/h56-58,61-63H,3-55H2,1-2H3,(H,60,64). The highest BCUT2D eigenvalue weighted by atomic mass is 16.3. The average Bonchev–Trinajstić information content (AvgIpc) is 3.30. The van der Waals surface area contributed by atoms with E-state index in [0.29, 0.717) is 12.8 Å². The van der Waals surface area contributed by atoms with Gasteiger partial charge in [0.1, 0.15) is 6.10 Å². The predicted molar refractivity (Wildman–Crippen MR) is 282 cm³/mol. The minimum absolute atomic E-state index is 0.307. The van der Waals surface area contributed by atoms with E-state index in [2.05, 4.69) is 19.2 Å². The van der Waals surface area contributed by atoms with E-state index in [0.717, 1.165) is 32.1 Å². The number of rotatable bonds is 56. The van der Waals surface area contributed by atoms with Crippen molar-refractivity contribution < 1.29 is 20.1 Å². The van der Waals surface area contributed by atoms with Crippen LogP contribution in [0.15, 0.2) is 0 Å². The Morgan fingerprint density at radius 2 is 0.500 bits per heavy atom. The molecule has 0 aliphatic carbocycles. The number of carbonyl (C=O) groups is 1. The van der Waals surface area contributed by atoms with Crippen molar-refractivity contribution in [3.63, 3.8) is 0 Å². The fraction of sp³-hybridized carbons (Fsp3) is 0.983. The summed E-state index contributed by atoms with van der Waals surface area (Å²) in [5.74, 6) is -0.462. The van der Waals surface area contributed by atoms with Crippen LogP contribution in [0, 0.1) is 0 Å². The zero-order valence-electron chi connectivity index (χ0n) is 44.0. The van der Waals surface area contributed by atoms with Gasteiger partial charge < -0.3 is 20.6 Å². The molecular formula is C59H119NO4. The molecule has 0 bridgehead atoms. The Morgan fingerprint density at radius 3 is 0.703 bits per heavy atom. The van der Waals surface area contributed by atoms with Gasteiger partial charge in [-0.25, -0.2) is 0 Å². The van der Waals surface area contributed by atoms with Crippen LogP contribution in [0.25, 0.3) is 0 Å². The Bertz CT molecular complexity index is 868. The van der Waals surface area contributed by atoms with Crippen LogP contribution in [0.1, 0.15) is 348 Å². The van der Waals surface area contributed by atoms with Crippen LogP contribution in [-0.2, 0) is 4.79 Å². The van der Waals surface area contributed by atoms with E-state index >= 15 is 0 Å². The second kappa shape index (κ2) is 55.0. The lowest BCUT2D eigenvalue weighted by atomic mass is 10.0. The lowest BCUT2D eigenvalue weighted by molar-refractivity contribution is -0.131.